The highest BCUT2D eigenvalue weighted by Crippen LogP contribution is 2.67. The SMILES string of the molecule is c1ccc(-c2ccc(-c3ccccc3N(c3ccc4c(c3)C3(c5ccccc5Oc5ccccc53)c3ccccc3-4)c3c4c(cc5ccccc35)C3(c5ccccc5Sc5ccccc53)c3ccccc3-4)cc2)cc1. The van der Waals surface area contributed by atoms with E-state index in [0.717, 1.165) is 50.8 Å². The normalized spacial score (nSPS) is 14.1. The Bertz CT molecular complexity index is 4230. The molecule has 0 bridgehead atoms. The van der Waals surface area contributed by atoms with Crippen molar-refractivity contribution in [3.05, 3.63) is 317 Å². The second kappa shape index (κ2) is 16.2. The molecule has 12 aromatic carbocycles. The Kier molecular flexibility index (Phi) is 9.14. The van der Waals surface area contributed by atoms with Gasteiger partial charge in [-0.2, -0.15) is 0 Å². The van der Waals surface area contributed by atoms with E-state index in [-0.39, 0.29) is 0 Å². The maximum absolute atomic E-state index is 6.84. The molecule has 2 spiro atoms. The molecular weight excluding hydrogens is 927 g/mol. The average molecular weight is 972 g/mol. The lowest BCUT2D eigenvalue weighted by Crippen LogP contribution is -2.32. The zero-order valence-corrected chi connectivity index (χ0v) is 41.6. The number of ether oxygens (including phenoxy) is 1. The van der Waals surface area contributed by atoms with Crippen LogP contribution >= 0.6 is 11.8 Å². The van der Waals surface area contributed by atoms with E-state index in [0.29, 0.717) is 0 Å². The molecule has 0 N–H and O–H groups in total. The third-order valence-electron chi connectivity index (χ3n) is 16.6. The standard InChI is InChI=1S/C72H45NOS/c1-2-20-46(21-3-1)47-38-40-48(41-39-47)51-23-8-15-33-64(51)73(50-42-43-54-53-25-6-9-27-56(53)71(62(54)45-50)58-29-11-16-34-65(58)74-66-35-17-12-30-59(66)71)70-52-24-5-4-22-49(52)44-63-69(70)55-26-7-10-28-57(55)72(63)60-31-13-18-36-67(60)75-68-37-19-14-32-61(68)72/h1-45H. The van der Waals surface area contributed by atoms with Gasteiger partial charge in [-0.05, 0) is 121 Å². The summed E-state index contributed by atoms with van der Waals surface area (Å²) in [6.45, 7) is 0. The van der Waals surface area contributed by atoms with Crippen molar-refractivity contribution in [2.24, 2.45) is 0 Å². The third kappa shape index (κ3) is 5.82. The molecule has 0 radical (unpaired) electrons. The Balaban J connectivity index is 1.04. The first-order valence-corrected chi connectivity index (χ1v) is 26.7. The molecule has 2 aliphatic heterocycles. The highest BCUT2D eigenvalue weighted by molar-refractivity contribution is 7.99. The van der Waals surface area contributed by atoms with Crippen LogP contribution in [-0.2, 0) is 10.8 Å². The summed E-state index contributed by atoms with van der Waals surface area (Å²) in [5.74, 6) is 1.76. The lowest BCUT2D eigenvalue weighted by molar-refractivity contribution is 0.436. The molecule has 75 heavy (non-hydrogen) atoms. The van der Waals surface area contributed by atoms with Crippen LogP contribution < -0.4 is 9.64 Å². The van der Waals surface area contributed by atoms with E-state index in [1.807, 2.05) is 11.8 Å². The van der Waals surface area contributed by atoms with Crippen LogP contribution in [0.25, 0.3) is 55.3 Å². The molecule has 0 fully saturated rings. The van der Waals surface area contributed by atoms with Gasteiger partial charge in [0.25, 0.3) is 0 Å². The Morgan fingerprint density at radius 1 is 0.320 bits per heavy atom. The van der Waals surface area contributed by atoms with Crippen LogP contribution in [0, 0.1) is 0 Å². The molecule has 12 aromatic rings. The Morgan fingerprint density at radius 2 is 0.813 bits per heavy atom. The van der Waals surface area contributed by atoms with Crippen LogP contribution in [0.3, 0.4) is 0 Å². The van der Waals surface area contributed by atoms with Crippen molar-refractivity contribution in [3.8, 4) is 56.0 Å². The Morgan fingerprint density at radius 3 is 1.52 bits per heavy atom. The van der Waals surface area contributed by atoms with Crippen molar-refractivity contribution in [2.75, 3.05) is 4.90 Å². The number of hydrogen-bond donors (Lipinski definition) is 0. The van der Waals surface area contributed by atoms with Gasteiger partial charge in [-0.1, -0.05) is 236 Å². The Labute approximate surface area is 440 Å². The molecule has 0 aromatic heterocycles. The first kappa shape index (κ1) is 42.4. The van der Waals surface area contributed by atoms with E-state index in [2.05, 4.69) is 278 Å². The van der Waals surface area contributed by atoms with Gasteiger partial charge in [0.05, 0.1) is 22.2 Å². The summed E-state index contributed by atoms with van der Waals surface area (Å²) in [6, 6.07) is 102. The number of fused-ring (bicyclic) bond motifs is 19. The van der Waals surface area contributed by atoms with Crippen molar-refractivity contribution in [2.45, 2.75) is 20.6 Å². The van der Waals surface area contributed by atoms with Gasteiger partial charge in [-0.25, -0.2) is 0 Å². The van der Waals surface area contributed by atoms with Gasteiger partial charge in [-0.15, -0.1) is 0 Å². The second-order valence-corrected chi connectivity index (χ2v) is 21.3. The predicted molar refractivity (Wildman–Crippen MR) is 308 cm³/mol. The summed E-state index contributed by atoms with van der Waals surface area (Å²) >= 11 is 1.89. The van der Waals surface area contributed by atoms with Crippen LogP contribution in [-0.4, -0.2) is 0 Å². The first-order valence-electron chi connectivity index (χ1n) is 25.9. The van der Waals surface area contributed by atoms with Crippen molar-refractivity contribution in [1.29, 1.82) is 0 Å². The van der Waals surface area contributed by atoms with Crippen LogP contribution in [0.2, 0.25) is 0 Å². The van der Waals surface area contributed by atoms with Crippen molar-refractivity contribution in [1.82, 2.24) is 0 Å². The fourth-order valence-corrected chi connectivity index (χ4v) is 14.8. The van der Waals surface area contributed by atoms with Gasteiger partial charge in [0.1, 0.15) is 11.5 Å². The molecule has 2 nitrogen and oxygen atoms in total. The minimum Gasteiger partial charge on any atom is -0.457 e. The van der Waals surface area contributed by atoms with Crippen LogP contribution in [0.15, 0.2) is 283 Å². The average Bonchev–Trinajstić information content (AvgIpc) is 3.93. The molecule has 0 unspecified atom stereocenters. The fourth-order valence-electron chi connectivity index (χ4n) is 13.6. The first-order chi connectivity index (χ1) is 37.2. The number of hydrogen-bond acceptors (Lipinski definition) is 3. The number of benzene rings is 12. The van der Waals surface area contributed by atoms with Gasteiger partial charge in [0.2, 0.25) is 0 Å². The van der Waals surface area contributed by atoms with E-state index in [9.17, 15) is 0 Å². The largest absolute Gasteiger partial charge is 0.457 e. The molecule has 0 atom stereocenters. The number of nitrogens with zero attached hydrogens (tertiary/aromatic N) is 1. The molecule has 0 saturated carbocycles. The number of anilines is 3. The molecule has 0 amide bonds. The molecule has 350 valence electrons. The third-order valence-corrected chi connectivity index (χ3v) is 17.7. The van der Waals surface area contributed by atoms with E-state index in [1.54, 1.807) is 0 Å². The highest BCUT2D eigenvalue weighted by Gasteiger charge is 2.53. The summed E-state index contributed by atoms with van der Waals surface area (Å²) in [5.41, 5.74) is 21.8. The Hall–Kier alpha value is -9.15. The summed E-state index contributed by atoms with van der Waals surface area (Å²) in [4.78, 5) is 5.20. The molecule has 4 aliphatic rings. The maximum atomic E-state index is 6.84. The summed E-state index contributed by atoms with van der Waals surface area (Å²) in [5, 5.41) is 2.38. The van der Waals surface area contributed by atoms with Crippen molar-refractivity contribution in [3.63, 3.8) is 0 Å². The van der Waals surface area contributed by atoms with E-state index < -0.39 is 10.8 Å². The topological polar surface area (TPSA) is 12.5 Å². The molecular formula is C72H45NOS. The van der Waals surface area contributed by atoms with Crippen LogP contribution in [0.4, 0.5) is 17.1 Å². The van der Waals surface area contributed by atoms with Crippen LogP contribution in [0.1, 0.15) is 44.5 Å². The predicted octanol–water partition coefficient (Wildman–Crippen LogP) is 18.9. The smallest absolute Gasteiger partial charge is 0.132 e. The molecule has 0 saturated heterocycles. The fraction of sp³-hybridized carbons (Fsp3) is 0.0278. The van der Waals surface area contributed by atoms with Crippen molar-refractivity contribution < 1.29 is 4.74 Å². The van der Waals surface area contributed by atoms with Gasteiger partial charge >= 0.3 is 0 Å². The lowest BCUT2D eigenvalue weighted by atomic mass is 9.66. The minimum atomic E-state index is -0.656. The summed E-state index contributed by atoms with van der Waals surface area (Å²) in [6.07, 6.45) is 0. The molecule has 16 rings (SSSR count). The minimum absolute atomic E-state index is 0.583. The number of rotatable bonds is 5. The highest BCUT2D eigenvalue weighted by atomic mass is 32.2. The van der Waals surface area contributed by atoms with E-state index in [4.69, 9.17) is 4.74 Å². The van der Waals surface area contributed by atoms with Crippen molar-refractivity contribution >= 4 is 39.6 Å². The lowest BCUT2D eigenvalue weighted by Gasteiger charge is -2.40. The monoisotopic (exact) mass is 971 g/mol. The molecule has 2 aliphatic carbocycles. The van der Waals surface area contributed by atoms with Crippen LogP contribution in [0.5, 0.6) is 11.5 Å². The van der Waals surface area contributed by atoms with Gasteiger partial charge in [-0.3, -0.25) is 0 Å². The molecule has 3 heteroatoms. The van der Waals surface area contributed by atoms with E-state index >= 15 is 0 Å². The van der Waals surface area contributed by atoms with Gasteiger partial charge < -0.3 is 9.64 Å². The second-order valence-electron chi connectivity index (χ2n) is 20.2. The quantitative estimate of drug-likeness (QED) is 0.171. The summed E-state index contributed by atoms with van der Waals surface area (Å²) < 4.78 is 6.84. The zero-order chi connectivity index (χ0) is 49.2. The number of para-hydroxylation sites is 3. The summed E-state index contributed by atoms with van der Waals surface area (Å²) in [7, 11) is 0. The zero-order valence-electron chi connectivity index (χ0n) is 40.7. The van der Waals surface area contributed by atoms with Gasteiger partial charge in [0.15, 0.2) is 0 Å². The molecule has 2 heterocycles. The van der Waals surface area contributed by atoms with Gasteiger partial charge in [0, 0.05) is 43.1 Å². The van der Waals surface area contributed by atoms with E-state index in [1.165, 1.54) is 87.3 Å². The maximum Gasteiger partial charge on any atom is 0.132 e.